The number of aryl methyl sites for hydroxylation is 2. The normalized spacial score (nSPS) is 13.1. The van der Waals surface area contributed by atoms with E-state index in [1.807, 2.05) is 26.0 Å². The lowest BCUT2D eigenvalue weighted by Crippen LogP contribution is -2.11. The molecular weight excluding hydrogens is 380 g/mol. The second kappa shape index (κ2) is 7.15. The minimum atomic E-state index is -2.75. The van der Waals surface area contributed by atoms with Crippen molar-refractivity contribution in [3.8, 4) is 0 Å². The number of benzene rings is 2. The highest BCUT2D eigenvalue weighted by atomic mass is 32.2. The van der Waals surface area contributed by atoms with Gasteiger partial charge in [-0.2, -0.15) is 0 Å². The lowest BCUT2D eigenvalue weighted by atomic mass is 10.0. The van der Waals surface area contributed by atoms with Crippen LogP contribution in [0.25, 0.3) is 0 Å². The summed E-state index contributed by atoms with van der Waals surface area (Å²) in [5.74, 6) is 3.49. The number of carbonyl (C=O) groups excluding carboxylic acids is 1. The van der Waals surface area contributed by atoms with Gasteiger partial charge in [0.1, 0.15) is 10.7 Å². The van der Waals surface area contributed by atoms with E-state index in [9.17, 15) is 9.00 Å². The van der Waals surface area contributed by atoms with Gasteiger partial charge in [0.15, 0.2) is 5.13 Å². The highest BCUT2D eigenvalue weighted by Gasteiger charge is 2.19. The smallest absolute Gasteiger partial charge is 0.207 e. The zero-order chi connectivity index (χ0) is 19.8. The first-order chi connectivity index (χ1) is 12.6. The lowest BCUT2D eigenvalue weighted by molar-refractivity contribution is 0.104. The molecule has 0 radical (unpaired) electrons. The van der Waals surface area contributed by atoms with Crippen molar-refractivity contribution in [1.82, 2.24) is 4.98 Å². The molecule has 1 atom stereocenters. The quantitative estimate of drug-likeness (QED) is 0.450. The molecule has 8 heteroatoms. The predicted molar refractivity (Wildman–Crippen MR) is 113 cm³/mol. The van der Waals surface area contributed by atoms with Gasteiger partial charge in [-0.15, -0.1) is 0 Å². The van der Waals surface area contributed by atoms with E-state index in [4.69, 9.17) is 10.9 Å². The molecule has 0 saturated heterocycles. The summed E-state index contributed by atoms with van der Waals surface area (Å²) in [6.45, 7) is 3.88. The SMILES string of the molecule is C=S(N)(=O)c1ccc(Nc2nc(N)c(C(=O)c3ccc(C)cc3C)s2)cc1. The molecule has 27 heavy (non-hydrogen) atoms. The number of nitrogen functional groups attached to an aromatic ring is 1. The van der Waals surface area contributed by atoms with Crippen molar-refractivity contribution in [2.75, 3.05) is 11.1 Å². The third-order valence-corrected chi connectivity index (χ3v) is 6.05. The maximum absolute atomic E-state index is 12.8. The molecule has 5 N–H and O–H groups in total. The van der Waals surface area contributed by atoms with Crippen molar-refractivity contribution in [3.63, 3.8) is 0 Å². The molecule has 0 aliphatic heterocycles. The van der Waals surface area contributed by atoms with Crippen molar-refractivity contribution >= 4 is 49.3 Å². The van der Waals surface area contributed by atoms with Crippen molar-refractivity contribution in [3.05, 3.63) is 64.0 Å². The number of hydrogen-bond donors (Lipinski definition) is 3. The Hall–Kier alpha value is -2.68. The number of nitrogens with one attached hydrogen (secondary N) is 1. The fraction of sp³-hybridized carbons (Fsp3) is 0.105. The summed E-state index contributed by atoms with van der Waals surface area (Å²) in [4.78, 5) is 17.9. The molecule has 2 aromatic carbocycles. The Bertz CT molecular complexity index is 1120. The molecular formula is C19H20N4O2S2. The van der Waals surface area contributed by atoms with Gasteiger partial charge in [-0.3, -0.25) is 9.93 Å². The van der Waals surface area contributed by atoms with Gasteiger partial charge in [0, 0.05) is 16.1 Å². The number of thiazole rings is 1. The fourth-order valence-electron chi connectivity index (χ4n) is 2.63. The summed E-state index contributed by atoms with van der Waals surface area (Å²) in [6.07, 6.45) is 0. The number of anilines is 3. The minimum Gasteiger partial charge on any atom is -0.382 e. The van der Waals surface area contributed by atoms with Crippen LogP contribution in [0.5, 0.6) is 0 Å². The second-order valence-corrected chi connectivity index (χ2v) is 9.18. The van der Waals surface area contributed by atoms with Gasteiger partial charge < -0.3 is 11.1 Å². The first-order valence-electron chi connectivity index (χ1n) is 8.05. The van der Waals surface area contributed by atoms with E-state index < -0.39 is 9.71 Å². The summed E-state index contributed by atoms with van der Waals surface area (Å²) in [7, 11) is -2.75. The molecule has 0 aliphatic rings. The molecule has 0 aliphatic carbocycles. The number of ketones is 1. The second-order valence-electron chi connectivity index (χ2n) is 6.26. The Kier molecular flexibility index (Phi) is 5.05. The van der Waals surface area contributed by atoms with Gasteiger partial charge in [0.2, 0.25) is 5.78 Å². The average molecular weight is 401 g/mol. The van der Waals surface area contributed by atoms with Crippen LogP contribution in [0.1, 0.15) is 26.4 Å². The van der Waals surface area contributed by atoms with Crippen LogP contribution in [0.4, 0.5) is 16.6 Å². The van der Waals surface area contributed by atoms with E-state index in [1.165, 1.54) is 11.3 Å². The standard InChI is InChI=1S/C19H20N4O2S2/c1-11-4-9-15(12(2)10-11)16(24)17-18(20)23-19(26-17)22-13-5-7-14(8-6-13)27(3,21)25/h4-10H,3,20H2,1-2H3,(H2,21,25)(H,22,23). The van der Waals surface area contributed by atoms with Crippen LogP contribution >= 0.6 is 11.3 Å². The summed E-state index contributed by atoms with van der Waals surface area (Å²) < 4.78 is 11.7. The number of carbonyl (C=O) groups is 1. The first-order valence-corrected chi connectivity index (χ1v) is 10.7. The van der Waals surface area contributed by atoms with Crippen LogP contribution in [0, 0.1) is 13.8 Å². The predicted octanol–water partition coefficient (Wildman–Crippen LogP) is 3.27. The molecule has 3 rings (SSSR count). The van der Waals surface area contributed by atoms with E-state index in [0.29, 0.717) is 26.2 Å². The van der Waals surface area contributed by atoms with E-state index in [2.05, 4.69) is 16.2 Å². The topological polar surface area (TPSA) is 111 Å². The zero-order valence-electron chi connectivity index (χ0n) is 15.0. The molecule has 3 aromatic rings. The van der Waals surface area contributed by atoms with E-state index >= 15 is 0 Å². The molecule has 1 heterocycles. The van der Waals surface area contributed by atoms with Crippen molar-refractivity contribution in [2.24, 2.45) is 5.14 Å². The Morgan fingerprint density at radius 1 is 1.19 bits per heavy atom. The number of nitrogens with two attached hydrogens (primary N) is 2. The molecule has 0 amide bonds. The maximum Gasteiger partial charge on any atom is 0.207 e. The number of hydrogen-bond acceptors (Lipinski definition) is 6. The third-order valence-electron chi connectivity index (χ3n) is 3.99. The summed E-state index contributed by atoms with van der Waals surface area (Å²) >= 11 is 1.19. The highest BCUT2D eigenvalue weighted by Crippen LogP contribution is 2.30. The minimum absolute atomic E-state index is 0.147. The zero-order valence-corrected chi connectivity index (χ0v) is 16.6. The Labute approximate surface area is 162 Å². The average Bonchev–Trinajstić information content (AvgIpc) is 2.94. The lowest BCUT2D eigenvalue weighted by Gasteiger charge is -2.06. The third kappa shape index (κ3) is 4.19. The molecule has 6 nitrogen and oxygen atoms in total. The van der Waals surface area contributed by atoms with Crippen LogP contribution in [0.3, 0.4) is 0 Å². The van der Waals surface area contributed by atoms with Gasteiger partial charge >= 0.3 is 0 Å². The van der Waals surface area contributed by atoms with Crippen molar-refractivity contribution in [1.29, 1.82) is 0 Å². The Morgan fingerprint density at radius 3 is 2.44 bits per heavy atom. The molecule has 1 aromatic heterocycles. The largest absolute Gasteiger partial charge is 0.382 e. The van der Waals surface area contributed by atoms with Gasteiger partial charge in [0.05, 0.1) is 9.71 Å². The summed E-state index contributed by atoms with van der Waals surface area (Å²) in [6, 6.07) is 12.4. The monoisotopic (exact) mass is 400 g/mol. The van der Waals surface area contributed by atoms with Gasteiger partial charge in [-0.25, -0.2) is 9.19 Å². The van der Waals surface area contributed by atoms with Gasteiger partial charge in [-0.05, 0) is 49.5 Å². The fourth-order valence-corrected chi connectivity index (χ4v) is 4.09. The van der Waals surface area contributed by atoms with E-state index in [0.717, 1.165) is 11.1 Å². The molecule has 0 bridgehead atoms. The van der Waals surface area contributed by atoms with Crippen molar-refractivity contribution < 1.29 is 9.00 Å². The number of aromatic nitrogens is 1. The number of rotatable bonds is 5. The van der Waals surface area contributed by atoms with Gasteiger partial charge in [0.25, 0.3) is 0 Å². The highest BCUT2D eigenvalue weighted by molar-refractivity contribution is 7.98. The molecule has 0 spiro atoms. The van der Waals surface area contributed by atoms with Gasteiger partial charge in [-0.1, -0.05) is 35.1 Å². The van der Waals surface area contributed by atoms with Crippen LogP contribution < -0.4 is 16.2 Å². The van der Waals surface area contributed by atoms with Crippen LogP contribution in [-0.2, 0) is 9.71 Å². The first kappa shape index (κ1) is 19.1. The molecule has 140 valence electrons. The summed E-state index contributed by atoms with van der Waals surface area (Å²) in [5, 5.41) is 9.12. The van der Waals surface area contributed by atoms with Crippen LogP contribution in [-0.4, -0.2) is 20.8 Å². The van der Waals surface area contributed by atoms with Crippen LogP contribution in [0.2, 0.25) is 0 Å². The van der Waals surface area contributed by atoms with Crippen molar-refractivity contribution in [2.45, 2.75) is 18.7 Å². The molecule has 0 saturated carbocycles. The maximum atomic E-state index is 12.8. The van der Waals surface area contributed by atoms with E-state index in [-0.39, 0.29) is 11.6 Å². The summed E-state index contributed by atoms with van der Waals surface area (Å²) in [5.41, 5.74) is 9.28. The molecule has 1 unspecified atom stereocenters. The van der Waals surface area contributed by atoms with E-state index in [1.54, 1.807) is 30.3 Å². The van der Waals surface area contributed by atoms with Crippen LogP contribution in [0.15, 0.2) is 47.4 Å². The Morgan fingerprint density at radius 2 is 1.85 bits per heavy atom. The molecule has 0 fully saturated rings. The number of nitrogens with zero attached hydrogens (tertiary/aromatic N) is 1. The Balaban J connectivity index is 1.85.